The Hall–Kier alpha value is -2.33. The lowest BCUT2D eigenvalue weighted by Crippen LogP contribution is -2.47. The average molecular weight is 311 g/mol. The number of carbonyl (C=O) groups excluding carboxylic acids is 1. The van der Waals surface area contributed by atoms with E-state index in [4.69, 9.17) is 4.74 Å². The van der Waals surface area contributed by atoms with Crippen LogP contribution >= 0.6 is 0 Å². The molecule has 0 radical (unpaired) electrons. The summed E-state index contributed by atoms with van der Waals surface area (Å²) >= 11 is 0. The van der Waals surface area contributed by atoms with Gasteiger partial charge in [0.1, 0.15) is 12.4 Å². The molecule has 120 valence electrons. The average Bonchev–Trinajstić information content (AvgIpc) is 2.57. The van der Waals surface area contributed by atoms with E-state index in [2.05, 4.69) is 5.32 Å². The Morgan fingerprint density at radius 2 is 1.91 bits per heavy atom. The van der Waals surface area contributed by atoms with Gasteiger partial charge in [-0.05, 0) is 43.0 Å². The van der Waals surface area contributed by atoms with E-state index in [0.29, 0.717) is 24.5 Å². The van der Waals surface area contributed by atoms with E-state index in [9.17, 15) is 9.90 Å². The zero-order valence-corrected chi connectivity index (χ0v) is 13.0. The zero-order valence-electron chi connectivity index (χ0n) is 13.0. The van der Waals surface area contributed by atoms with Crippen LogP contribution < -0.4 is 10.1 Å². The topological polar surface area (TPSA) is 58.6 Å². The van der Waals surface area contributed by atoms with Gasteiger partial charge in [0, 0.05) is 12.1 Å². The molecule has 0 spiro atoms. The van der Waals surface area contributed by atoms with Crippen molar-refractivity contribution in [1.29, 1.82) is 0 Å². The van der Waals surface area contributed by atoms with Gasteiger partial charge in [-0.2, -0.15) is 0 Å². The summed E-state index contributed by atoms with van der Waals surface area (Å²) in [6.07, 6.45) is 2.54. The molecular weight excluding hydrogens is 290 g/mol. The Morgan fingerprint density at radius 3 is 2.61 bits per heavy atom. The summed E-state index contributed by atoms with van der Waals surface area (Å²) < 4.78 is 5.73. The van der Waals surface area contributed by atoms with E-state index in [-0.39, 0.29) is 5.91 Å². The fraction of sp³-hybridized carbons (Fsp3) is 0.316. The van der Waals surface area contributed by atoms with E-state index in [1.54, 1.807) is 18.2 Å². The van der Waals surface area contributed by atoms with Crippen molar-refractivity contribution < 1.29 is 14.6 Å². The molecule has 0 unspecified atom stereocenters. The molecule has 1 aliphatic rings. The largest absolute Gasteiger partial charge is 0.489 e. The van der Waals surface area contributed by atoms with Crippen molar-refractivity contribution in [3.8, 4) is 5.75 Å². The number of hydrogen-bond acceptors (Lipinski definition) is 3. The molecule has 0 saturated heterocycles. The number of rotatable bonds is 6. The van der Waals surface area contributed by atoms with Crippen LogP contribution in [0.15, 0.2) is 54.6 Å². The van der Waals surface area contributed by atoms with Gasteiger partial charge in [0.15, 0.2) is 0 Å². The summed E-state index contributed by atoms with van der Waals surface area (Å²) in [5.41, 5.74) is 0.907. The third-order valence-electron chi connectivity index (χ3n) is 4.21. The molecule has 23 heavy (non-hydrogen) atoms. The van der Waals surface area contributed by atoms with Gasteiger partial charge in [0.05, 0.1) is 5.60 Å². The minimum Gasteiger partial charge on any atom is -0.489 e. The van der Waals surface area contributed by atoms with Crippen molar-refractivity contribution in [2.24, 2.45) is 0 Å². The minimum absolute atomic E-state index is 0.185. The second kappa shape index (κ2) is 6.84. The Kier molecular flexibility index (Phi) is 4.63. The summed E-state index contributed by atoms with van der Waals surface area (Å²) in [6.45, 7) is 0.770. The Labute approximate surface area is 136 Å². The predicted octanol–water partition coefficient (Wildman–Crippen LogP) is 2.91. The lowest BCUT2D eigenvalue weighted by molar-refractivity contribution is -0.0300. The first-order chi connectivity index (χ1) is 11.1. The summed E-state index contributed by atoms with van der Waals surface area (Å²) in [5.74, 6) is 0.472. The fourth-order valence-corrected chi connectivity index (χ4v) is 2.58. The van der Waals surface area contributed by atoms with E-state index >= 15 is 0 Å². The van der Waals surface area contributed by atoms with Crippen LogP contribution in [0.3, 0.4) is 0 Å². The third-order valence-corrected chi connectivity index (χ3v) is 4.21. The molecule has 3 rings (SSSR count). The van der Waals surface area contributed by atoms with E-state index in [1.165, 1.54) is 0 Å². The highest BCUT2D eigenvalue weighted by Crippen LogP contribution is 2.30. The van der Waals surface area contributed by atoms with Crippen LogP contribution in [0.4, 0.5) is 0 Å². The van der Waals surface area contributed by atoms with Crippen molar-refractivity contribution in [2.75, 3.05) is 6.54 Å². The smallest absolute Gasteiger partial charge is 0.251 e. The van der Waals surface area contributed by atoms with Crippen molar-refractivity contribution in [1.82, 2.24) is 5.32 Å². The molecule has 4 heteroatoms. The molecule has 0 bridgehead atoms. The van der Waals surface area contributed by atoms with Crippen LogP contribution in [-0.2, 0) is 6.61 Å². The molecule has 1 saturated carbocycles. The van der Waals surface area contributed by atoms with Gasteiger partial charge in [-0.1, -0.05) is 36.4 Å². The summed E-state index contributed by atoms with van der Waals surface area (Å²) in [7, 11) is 0. The van der Waals surface area contributed by atoms with Crippen molar-refractivity contribution >= 4 is 5.91 Å². The highest BCUT2D eigenvalue weighted by Gasteiger charge is 2.34. The molecule has 2 N–H and O–H groups in total. The number of carbonyl (C=O) groups is 1. The second-order valence-electron chi connectivity index (χ2n) is 6.06. The van der Waals surface area contributed by atoms with Gasteiger partial charge in [-0.3, -0.25) is 4.79 Å². The zero-order chi connectivity index (χ0) is 16.1. The highest BCUT2D eigenvalue weighted by atomic mass is 16.5. The van der Waals surface area contributed by atoms with E-state index < -0.39 is 5.60 Å². The van der Waals surface area contributed by atoms with Gasteiger partial charge < -0.3 is 15.2 Å². The van der Waals surface area contributed by atoms with Crippen LogP contribution in [0.25, 0.3) is 0 Å². The van der Waals surface area contributed by atoms with Crippen molar-refractivity contribution in [3.05, 3.63) is 65.7 Å². The van der Waals surface area contributed by atoms with Crippen LogP contribution in [0, 0.1) is 0 Å². The highest BCUT2D eigenvalue weighted by molar-refractivity contribution is 5.94. The molecule has 1 fully saturated rings. The number of nitrogens with one attached hydrogen (secondary N) is 1. The standard InChI is InChI=1S/C19H21NO3/c21-18(20-14-19(22)10-5-11-19)16-8-4-9-17(12-16)23-13-15-6-2-1-3-7-15/h1-4,6-9,12,22H,5,10-11,13-14H2,(H,20,21). The Bertz CT molecular complexity index is 665. The number of ether oxygens (including phenoxy) is 1. The third kappa shape index (κ3) is 4.11. The lowest BCUT2D eigenvalue weighted by atomic mass is 9.80. The van der Waals surface area contributed by atoms with Crippen LogP contribution in [0.1, 0.15) is 35.2 Å². The maximum absolute atomic E-state index is 12.2. The van der Waals surface area contributed by atoms with Gasteiger partial charge in [0.25, 0.3) is 5.91 Å². The van der Waals surface area contributed by atoms with Gasteiger partial charge >= 0.3 is 0 Å². The molecule has 1 aliphatic carbocycles. The second-order valence-corrected chi connectivity index (χ2v) is 6.06. The Morgan fingerprint density at radius 1 is 1.13 bits per heavy atom. The van der Waals surface area contributed by atoms with Crippen LogP contribution in [-0.4, -0.2) is 23.2 Å². The molecular formula is C19H21NO3. The first-order valence-electron chi connectivity index (χ1n) is 7.92. The maximum Gasteiger partial charge on any atom is 0.251 e. The molecule has 4 nitrogen and oxygen atoms in total. The summed E-state index contributed by atoms with van der Waals surface area (Å²) in [5, 5.41) is 12.8. The Balaban J connectivity index is 1.57. The van der Waals surface area contributed by atoms with Gasteiger partial charge in [-0.15, -0.1) is 0 Å². The molecule has 0 aliphatic heterocycles. The number of benzene rings is 2. The molecule has 0 atom stereocenters. The first-order valence-corrected chi connectivity index (χ1v) is 7.92. The van der Waals surface area contributed by atoms with Gasteiger partial charge in [0.2, 0.25) is 0 Å². The van der Waals surface area contributed by atoms with Crippen LogP contribution in [0.5, 0.6) is 5.75 Å². The lowest BCUT2D eigenvalue weighted by Gasteiger charge is -2.36. The molecule has 1 amide bonds. The minimum atomic E-state index is -0.711. The predicted molar refractivity (Wildman–Crippen MR) is 88.4 cm³/mol. The van der Waals surface area contributed by atoms with Crippen molar-refractivity contribution in [2.45, 2.75) is 31.5 Å². The van der Waals surface area contributed by atoms with E-state index in [0.717, 1.165) is 24.8 Å². The monoisotopic (exact) mass is 311 g/mol. The summed E-state index contributed by atoms with van der Waals surface area (Å²) in [6, 6.07) is 17.0. The number of aliphatic hydroxyl groups is 1. The quantitative estimate of drug-likeness (QED) is 0.862. The summed E-state index contributed by atoms with van der Waals surface area (Å²) in [4.78, 5) is 12.2. The molecule has 2 aromatic rings. The van der Waals surface area contributed by atoms with Crippen LogP contribution in [0.2, 0.25) is 0 Å². The first kappa shape index (κ1) is 15.6. The molecule has 0 aromatic heterocycles. The SMILES string of the molecule is O=C(NCC1(O)CCC1)c1cccc(OCc2ccccc2)c1. The van der Waals surface area contributed by atoms with Gasteiger partial charge in [-0.25, -0.2) is 0 Å². The molecule has 0 heterocycles. The fourth-order valence-electron chi connectivity index (χ4n) is 2.58. The number of amides is 1. The number of hydrogen-bond donors (Lipinski definition) is 2. The van der Waals surface area contributed by atoms with E-state index in [1.807, 2.05) is 36.4 Å². The normalized spacial score (nSPS) is 15.5. The van der Waals surface area contributed by atoms with Crippen molar-refractivity contribution in [3.63, 3.8) is 0 Å². The molecule has 2 aromatic carbocycles. The maximum atomic E-state index is 12.2.